The zero-order valence-electron chi connectivity index (χ0n) is 11.2. The van der Waals surface area contributed by atoms with Gasteiger partial charge in [0, 0.05) is 24.8 Å². The lowest BCUT2D eigenvalue weighted by molar-refractivity contribution is 0.0480. The highest BCUT2D eigenvalue weighted by atomic mass is 19.1. The van der Waals surface area contributed by atoms with Crippen molar-refractivity contribution in [3.63, 3.8) is 0 Å². The van der Waals surface area contributed by atoms with Crippen LogP contribution < -0.4 is 4.74 Å². The molecular weight excluding hydrogens is 237 g/mol. The number of aliphatic hydroxyl groups is 1. The van der Waals surface area contributed by atoms with Crippen molar-refractivity contribution in [1.29, 1.82) is 0 Å². The molecular formula is C13H20FNO3. The monoisotopic (exact) mass is 257 g/mol. The molecule has 5 heteroatoms. The first-order valence-corrected chi connectivity index (χ1v) is 5.81. The van der Waals surface area contributed by atoms with Crippen LogP contribution in [0, 0.1) is 0 Å². The Kier molecular flexibility index (Phi) is 5.04. The minimum Gasteiger partial charge on any atom is -0.466 e. The van der Waals surface area contributed by atoms with Gasteiger partial charge in [0.2, 0.25) is 0 Å². The highest BCUT2D eigenvalue weighted by Gasteiger charge is 2.19. The molecule has 0 aliphatic heterocycles. The number of hydrogen-bond donors (Lipinski definition) is 1. The van der Waals surface area contributed by atoms with Crippen LogP contribution in [0.25, 0.3) is 0 Å². The number of halogens is 1. The Morgan fingerprint density at radius 2 is 2.17 bits per heavy atom. The van der Waals surface area contributed by atoms with Crippen molar-refractivity contribution in [3.8, 4) is 5.75 Å². The number of alkyl halides is 1. The van der Waals surface area contributed by atoms with E-state index in [1.54, 1.807) is 13.0 Å². The Morgan fingerprint density at radius 1 is 1.50 bits per heavy atom. The van der Waals surface area contributed by atoms with Crippen molar-refractivity contribution in [2.24, 2.45) is 0 Å². The van der Waals surface area contributed by atoms with Gasteiger partial charge in [-0.05, 0) is 26.8 Å². The van der Waals surface area contributed by atoms with Crippen LogP contribution in [-0.4, -0.2) is 29.7 Å². The molecule has 0 aliphatic carbocycles. The topological polar surface area (TPSA) is 51.6 Å². The SMILES string of the molecule is COCOc1cnc(CC(C)(C)F)cc1C(C)O. The van der Waals surface area contributed by atoms with E-state index in [1.807, 2.05) is 0 Å². The summed E-state index contributed by atoms with van der Waals surface area (Å²) in [4.78, 5) is 4.13. The molecule has 0 aliphatic rings. The Labute approximate surface area is 107 Å². The highest BCUT2D eigenvalue weighted by molar-refractivity contribution is 5.34. The summed E-state index contributed by atoms with van der Waals surface area (Å²) in [6.07, 6.45) is 0.973. The average molecular weight is 257 g/mol. The smallest absolute Gasteiger partial charge is 0.188 e. The summed E-state index contributed by atoms with van der Waals surface area (Å²) in [5.41, 5.74) is -0.165. The van der Waals surface area contributed by atoms with Crippen molar-refractivity contribution in [2.45, 2.75) is 39.0 Å². The van der Waals surface area contributed by atoms with Gasteiger partial charge < -0.3 is 14.6 Å². The third-order valence-corrected chi connectivity index (χ3v) is 2.34. The first-order chi connectivity index (χ1) is 8.33. The summed E-state index contributed by atoms with van der Waals surface area (Å²) in [6.45, 7) is 4.69. The third kappa shape index (κ3) is 4.58. The molecule has 1 unspecified atom stereocenters. The second-order valence-corrected chi connectivity index (χ2v) is 4.84. The van der Waals surface area contributed by atoms with Gasteiger partial charge in [0.1, 0.15) is 11.4 Å². The largest absolute Gasteiger partial charge is 0.466 e. The molecule has 4 nitrogen and oxygen atoms in total. The first-order valence-electron chi connectivity index (χ1n) is 5.81. The van der Waals surface area contributed by atoms with Crippen LogP contribution in [0.2, 0.25) is 0 Å². The standard InChI is InChI=1S/C13H20FNO3/c1-9(16)11-5-10(6-13(2,3)14)15-7-12(11)18-8-17-4/h5,7,9,16H,6,8H2,1-4H3. The van der Waals surface area contributed by atoms with Gasteiger partial charge in [-0.15, -0.1) is 0 Å². The molecule has 1 N–H and O–H groups in total. The molecule has 1 aromatic rings. The van der Waals surface area contributed by atoms with Crippen molar-refractivity contribution in [1.82, 2.24) is 4.98 Å². The summed E-state index contributed by atoms with van der Waals surface area (Å²) in [7, 11) is 1.51. The fourth-order valence-electron chi connectivity index (χ4n) is 1.60. The quantitative estimate of drug-likeness (QED) is 0.795. The van der Waals surface area contributed by atoms with Crippen LogP contribution in [0.5, 0.6) is 5.75 Å². The van der Waals surface area contributed by atoms with Gasteiger partial charge in [0.05, 0.1) is 12.3 Å². The van der Waals surface area contributed by atoms with E-state index in [9.17, 15) is 9.50 Å². The van der Waals surface area contributed by atoms with Crippen LogP contribution >= 0.6 is 0 Å². The second-order valence-electron chi connectivity index (χ2n) is 4.84. The molecule has 0 saturated carbocycles. The van der Waals surface area contributed by atoms with Crippen LogP contribution in [0.1, 0.15) is 38.1 Å². The molecule has 0 spiro atoms. The maximum atomic E-state index is 13.6. The van der Waals surface area contributed by atoms with Gasteiger partial charge in [0.15, 0.2) is 6.79 Å². The van der Waals surface area contributed by atoms with E-state index in [4.69, 9.17) is 9.47 Å². The number of methoxy groups -OCH3 is 1. The fourth-order valence-corrected chi connectivity index (χ4v) is 1.60. The van der Waals surface area contributed by atoms with Crippen molar-refractivity contribution >= 4 is 0 Å². The van der Waals surface area contributed by atoms with Gasteiger partial charge in [-0.25, -0.2) is 4.39 Å². The minimum atomic E-state index is -1.34. The Hall–Kier alpha value is -1.20. The highest BCUT2D eigenvalue weighted by Crippen LogP contribution is 2.26. The molecule has 102 valence electrons. The number of aliphatic hydroxyl groups excluding tert-OH is 1. The summed E-state index contributed by atoms with van der Waals surface area (Å²) in [6, 6.07) is 1.66. The van der Waals surface area contributed by atoms with E-state index in [0.29, 0.717) is 17.0 Å². The van der Waals surface area contributed by atoms with Crippen LogP contribution in [-0.2, 0) is 11.2 Å². The molecule has 0 saturated heterocycles. The number of aromatic nitrogens is 1. The minimum absolute atomic E-state index is 0.0787. The van der Waals surface area contributed by atoms with E-state index in [0.717, 1.165) is 0 Å². The van der Waals surface area contributed by atoms with Gasteiger partial charge in [-0.1, -0.05) is 0 Å². The summed E-state index contributed by atoms with van der Waals surface area (Å²) in [5, 5.41) is 9.68. The maximum Gasteiger partial charge on any atom is 0.188 e. The second kappa shape index (κ2) is 6.11. The van der Waals surface area contributed by atoms with E-state index in [1.165, 1.54) is 27.2 Å². The van der Waals surface area contributed by atoms with Crippen molar-refractivity contribution in [3.05, 3.63) is 23.5 Å². The molecule has 18 heavy (non-hydrogen) atoms. The molecule has 1 atom stereocenters. The van der Waals surface area contributed by atoms with Gasteiger partial charge in [0.25, 0.3) is 0 Å². The fraction of sp³-hybridized carbons (Fsp3) is 0.615. The van der Waals surface area contributed by atoms with E-state index in [2.05, 4.69) is 4.98 Å². The molecule has 1 rings (SSSR count). The number of hydrogen-bond acceptors (Lipinski definition) is 4. The molecule has 0 aromatic carbocycles. The van der Waals surface area contributed by atoms with Gasteiger partial charge in [-0.2, -0.15) is 0 Å². The van der Waals surface area contributed by atoms with Crippen molar-refractivity contribution < 1.29 is 19.0 Å². The lowest BCUT2D eigenvalue weighted by atomic mass is 10.0. The number of rotatable bonds is 6. The van der Waals surface area contributed by atoms with E-state index < -0.39 is 11.8 Å². The molecule has 0 fully saturated rings. The maximum absolute atomic E-state index is 13.6. The van der Waals surface area contributed by atoms with Gasteiger partial charge >= 0.3 is 0 Å². The van der Waals surface area contributed by atoms with E-state index >= 15 is 0 Å². The Morgan fingerprint density at radius 3 is 2.67 bits per heavy atom. The van der Waals surface area contributed by atoms with Gasteiger partial charge in [-0.3, -0.25) is 4.98 Å². The lowest BCUT2D eigenvalue weighted by Gasteiger charge is -2.17. The summed E-state index contributed by atoms with van der Waals surface area (Å²) in [5.74, 6) is 0.451. The normalized spacial score (nSPS) is 13.4. The summed E-state index contributed by atoms with van der Waals surface area (Å²) >= 11 is 0. The Bertz CT molecular complexity index is 388. The summed E-state index contributed by atoms with van der Waals surface area (Å²) < 4.78 is 23.7. The predicted molar refractivity (Wildman–Crippen MR) is 66.3 cm³/mol. The molecule has 0 radical (unpaired) electrons. The van der Waals surface area contributed by atoms with Crippen LogP contribution in [0.15, 0.2) is 12.3 Å². The zero-order chi connectivity index (χ0) is 13.8. The van der Waals surface area contributed by atoms with Crippen LogP contribution in [0.3, 0.4) is 0 Å². The first kappa shape index (κ1) is 14.9. The lowest BCUT2D eigenvalue weighted by Crippen LogP contribution is -2.17. The molecule has 0 bridgehead atoms. The number of nitrogens with zero attached hydrogens (tertiary/aromatic N) is 1. The Balaban J connectivity index is 2.96. The molecule has 0 amide bonds. The van der Waals surface area contributed by atoms with E-state index in [-0.39, 0.29) is 13.2 Å². The zero-order valence-corrected chi connectivity index (χ0v) is 11.2. The third-order valence-electron chi connectivity index (χ3n) is 2.34. The average Bonchev–Trinajstić information content (AvgIpc) is 2.25. The predicted octanol–water partition coefficient (Wildman–Crippen LogP) is 2.41. The number of ether oxygens (including phenoxy) is 2. The molecule has 1 heterocycles. The van der Waals surface area contributed by atoms with Crippen LogP contribution in [0.4, 0.5) is 4.39 Å². The number of pyridine rings is 1. The molecule has 1 aromatic heterocycles. The van der Waals surface area contributed by atoms with Crippen molar-refractivity contribution in [2.75, 3.05) is 13.9 Å².